The van der Waals surface area contributed by atoms with E-state index in [0.717, 1.165) is 6.07 Å². The van der Waals surface area contributed by atoms with E-state index < -0.39 is 14.9 Å². The number of benzene rings is 1. The minimum absolute atomic E-state index is 0.0833. The molecular formula is C15H19N5O5S. The van der Waals surface area contributed by atoms with Crippen molar-refractivity contribution in [3.63, 3.8) is 0 Å². The molecule has 1 saturated heterocycles. The number of hydrogen-bond donors (Lipinski definition) is 0. The highest BCUT2D eigenvalue weighted by Gasteiger charge is 2.31. The largest absolute Gasteiger partial charge is 0.408 e. The first-order chi connectivity index (χ1) is 12.3. The van der Waals surface area contributed by atoms with Crippen molar-refractivity contribution in [2.45, 2.75) is 24.7 Å². The van der Waals surface area contributed by atoms with Gasteiger partial charge in [-0.25, -0.2) is 8.42 Å². The molecule has 140 valence electrons. The van der Waals surface area contributed by atoms with Gasteiger partial charge in [-0.2, -0.15) is 4.31 Å². The molecule has 1 fully saturated rings. The highest BCUT2D eigenvalue weighted by Crippen LogP contribution is 2.24. The molecule has 10 nitrogen and oxygen atoms in total. The standard InChI is InChI=1S/C15H19N5O5S/c1-11(2)14-16-17-15(25-14)18-6-8-19(9-7-18)26(23,24)13-5-3-4-12(10-13)20(21)22/h3-5,10-11H,6-9H2,1-2H3. The van der Waals surface area contributed by atoms with Crippen molar-refractivity contribution in [3.8, 4) is 0 Å². The second-order valence-electron chi connectivity index (χ2n) is 6.22. The first-order valence-corrected chi connectivity index (χ1v) is 9.56. The Labute approximate surface area is 150 Å². The number of non-ortho nitro benzene ring substituents is 1. The summed E-state index contributed by atoms with van der Waals surface area (Å²) >= 11 is 0. The number of nitrogens with zero attached hydrogens (tertiary/aromatic N) is 5. The fourth-order valence-electron chi connectivity index (χ4n) is 2.61. The van der Waals surface area contributed by atoms with Crippen molar-refractivity contribution in [2.75, 3.05) is 31.1 Å². The van der Waals surface area contributed by atoms with E-state index in [0.29, 0.717) is 25.0 Å². The zero-order valence-electron chi connectivity index (χ0n) is 14.4. The second-order valence-corrected chi connectivity index (χ2v) is 8.16. The summed E-state index contributed by atoms with van der Waals surface area (Å²) in [4.78, 5) is 12.0. The predicted octanol–water partition coefficient (Wildman–Crippen LogP) is 1.61. The van der Waals surface area contributed by atoms with E-state index in [9.17, 15) is 18.5 Å². The molecule has 0 bridgehead atoms. The number of nitro groups is 1. The van der Waals surface area contributed by atoms with Crippen LogP contribution in [0.15, 0.2) is 33.6 Å². The van der Waals surface area contributed by atoms with Crippen LogP contribution in [0.1, 0.15) is 25.7 Å². The average molecular weight is 381 g/mol. The fraction of sp³-hybridized carbons (Fsp3) is 0.467. The lowest BCUT2D eigenvalue weighted by molar-refractivity contribution is -0.385. The van der Waals surface area contributed by atoms with Crippen molar-refractivity contribution in [1.29, 1.82) is 0 Å². The van der Waals surface area contributed by atoms with Crippen LogP contribution in [0, 0.1) is 10.1 Å². The van der Waals surface area contributed by atoms with Gasteiger partial charge in [0.1, 0.15) is 0 Å². The predicted molar refractivity (Wildman–Crippen MR) is 92.5 cm³/mol. The third-order valence-electron chi connectivity index (χ3n) is 4.10. The molecule has 0 atom stereocenters. The Bertz CT molecular complexity index is 903. The SMILES string of the molecule is CC(C)c1nnc(N2CCN(S(=O)(=O)c3cccc([N+](=O)[O-])c3)CC2)o1. The van der Waals surface area contributed by atoms with Crippen LogP contribution in [-0.2, 0) is 10.0 Å². The Morgan fingerprint density at radius 3 is 2.46 bits per heavy atom. The topological polar surface area (TPSA) is 123 Å². The van der Waals surface area contributed by atoms with Crippen LogP contribution < -0.4 is 4.90 Å². The van der Waals surface area contributed by atoms with E-state index in [1.807, 2.05) is 18.7 Å². The zero-order valence-corrected chi connectivity index (χ0v) is 15.2. The molecule has 11 heteroatoms. The van der Waals surface area contributed by atoms with Gasteiger partial charge in [-0.15, -0.1) is 5.10 Å². The first-order valence-electron chi connectivity index (χ1n) is 8.12. The van der Waals surface area contributed by atoms with Gasteiger partial charge in [-0.1, -0.05) is 25.0 Å². The van der Waals surface area contributed by atoms with Gasteiger partial charge in [-0.3, -0.25) is 10.1 Å². The van der Waals surface area contributed by atoms with Crippen LogP contribution in [0.2, 0.25) is 0 Å². The maximum atomic E-state index is 12.7. The number of hydrogen-bond acceptors (Lipinski definition) is 8. The highest BCUT2D eigenvalue weighted by molar-refractivity contribution is 7.89. The van der Waals surface area contributed by atoms with Crippen LogP contribution in [0.25, 0.3) is 0 Å². The molecule has 0 spiro atoms. The molecule has 0 amide bonds. The van der Waals surface area contributed by atoms with E-state index in [2.05, 4.69) is 10.2 Å². The summed E-state index contributed by atoms with van der Waals surface area (Å²) in [6, 6.07) is 5.45. The third-order valence-corrected chi connectivity index (χ3v) is 5.99. The summed E-state index contributed by atoms with van der Waals surface area (Å²) < 4.78 is 32.4. The summed E-state index contributed by atoms with van der Waals surface area (Å²) in [7, 11) is -3.80. The fourth-order valence-corrected chi connectivity index (χ4v) is 4.08. The second kappa shape index (κ2) is 7.00. The van der Waals surface area contributed by atoms with Crippen molar-refractivity contribution in [3.05, 3.63) is 40.3 Å². The number of rotatable bonds is 5. The molecule has 0 saturated carbocycles. The van der Waals surface area contributed by atoms with Gasteiger partial charge in [0, 0.05) is 44.2 Å². The van der Waals surface area contributed by atoms with Crippen LogP contribution in [0.5, 0.6) is 0 Å². The Balaban J connectivity index is 1.72. The maximum Gasteiger partial charge on any atom is 0.318 e. The van der Waals surface area contributed by atoms with E-state index in [4.69, 9.17) is 4.42 Å². The van der Waals surface area contributed by atoms with Crippen LogP contribution in [0.4, 0.5) is 11.7 Å². The lowest BCUT2D eigenvalue weighted by atomic mass is 10.2. The Kier molecular flexibility index (Phi) is 4.92. The molecule has 0 unspecified atom stereocenters. The lowest BCUT2D eigenvalue weighted by Gasteiger charge is -2.32. The summed E-state index contributed by atoms with van der Waals surface area (Å²) in [5, 5.41) is 18.9. The van der Waals surface area contributed by atoms with Crippen LogP contribution >= 0.6 is 0 Å². The molecule has 3 rings (SSSR count). The number of anilines is 1. The summed E-state index contributed by atoms with van der Waals surface area (Å²) in [5.41, 5.74) is -0.253. The minimum atomic E-state index is -3.80. The van der Waals surface area contributed by atoms with Gasteiger partial charge in [-0.05, 0) is 6.07 Å². The van der Waals surface area contributed by atoms with Gasteiger partial charge in [0.05, 0.1) is 9.82 Å². The van der Waals surface area contributed by atoms with E-state index in [1.54, 1.807) is 0 Å². The smallest absolute Gasteiger partial charge is 0.318 e. The molecule has 0 N–H and O–H groups in total. The van der Waals surface area contributed by atoms with Crippen molar-refractivity contribution in [2.24, 2.45) is 0 Å². The monoisotopic (exact) mass is 381 g/mol. The normalized spacial score (nSPS) is 16.2. The van der Waals surface area contributed by atoms with Crippen molar-refractivity contribution < 1.29 is 17.8 Å². The highest BCUT2D eigenvalue weighted by atomic mass is 32.2. The maximum absolute atomic E-state index is 12.7. The molecule has 1 aromatic carbocycles. The number of piperazine rings is 1. The van der Waals surface area contributed by atoms with Gasteiger partial charge in [0.2, 0.25) is 15.9 Å². The van der Waals surface area contributed by atoms with Gasteiger partial charge < -0.3 is 9.32 Å². The van der Waals surface area contributed by atoms with E-state index >= 15 is 0 Å². The van der Waals surface area contributed by atoms with Crippen LogP contribution in [0.3, 0.4) is 0 Å². The molecule has 1 aliphatic rings. The average Bonchev–Trinajstić information content (AvgIpc) is 3.12. The molecule has 2 aromatic rings. The summed E-state index contributed by atoms with van der Waals surface area (Å²) in [5.74, 6) is 0.651. The first kappa shape index (κ1) is 18.3. The number of aromatic nitrogens is 2. The molecule has 0 radical (unpaired) electrons. The molecule has 1 aliphatic heterocycles. The molecule has 0 aliphatic carbocycles. The van der Waals surface area contributed by atoms with Crippen LogP contribution in [-0.4, -0.2) is 54.0 Å². The minimum Gasteiger partial charge on any atom is -0.408 e. The van der Waals surface area contributed by atoms with E-state index in [-0.39, 0.29) is 29.6 Å². The third kappa shape index (κ3) is 3.53. The quantitative estimate of drug-likeness (QED) is 0.565. The summed E-state index contributed by atoms with van der Waals surface area (Å²) in [6.45, 7) is 5.14. The molecule has 2 heterocycles. The lowest BCUT2D eigenvalue weighted by Crippen LogP contribution is -2.48. The molecule has 1 aromatic heterocycles. The molecule has 26 heavy (non-hydrogen) atoms. The van der Waals surface area contributed by atoms with Gasteiger partial charge >= 0.3 is 6.01 Å². The van der Waals surface area contributed by atoms with Gasteiger partial charge in [0.25, 0.3) is 5.69 Å². The Hall–Kier alpha value is -2.53. The number of nitro benzene ring substituents is 1. The van der Waals surface area contributed by atoms with Crippen molar-refractivity contribution in [1.82, 2.24) is 14.5 Å². The molecular weight excluding hydrogens is 362 g/mol. The van der Waals surface area contributed by atoms with E-state index in [1.165, 1.54) is 22.5 Å². The van der Waals surface area contributed by atoms with Gasteiger partial charge in [0.15, 0.2) is 0 Å². The summed E-state index contributed by atoms with van der Waals surface area (Å²) in [6.07, 6.45) is 0. The Morgan fingerprint density at radius 2 is 1.88 bits per heavy atom. The number of sulfonamides is 1. The van der Waals surface area contributed by atoms with Crippen molar-refractivity contribution >= 4 is 21.7 Å². The Morgan fingerprint density at radius 1 is 1.19 bits per heavy atom. The zero-order chi connectivity index (χ0) is 18.9.